The van der Waals surface area contributed by atoms with E-state index in [2.05, 4.69) is 70.7 Å². The Labute approximate surface area is 129 Å². The Morgan fingerprint density at radius 3 is 2.70 bits per heavy atom. The van der Waals surface area contributed by atoms with Crippen molar-refractivity contribution in [3.63, 3.8) is 0 Å². The molecule has 0 aliphatic carbocycles. The van der Waals surface area contributed by atoms with Crippen LogP contribution in [0.1, 0.15) is 36.2 Å². The Hall–Kier alpha value is -1.13. The predicted molar refractivity (Wildman–Crippen MR) is 86.8 cm³/mol. The van der Waals surface area contributed by atoms with Crippen LogP contribution in [0.5, 0.6) is 0 Å². The van der Waals surface area contributed by atoms with Gasteiger partial charge in [-0.1, -0.05) is 41.1 Å². The molecule has 3 nitrogen and oxygen atoms in total. The fraction of sp³-hybridized carbons (Fsp3) is 0.438. The normalized spacial score (nSPS) is 12.6. The summed E-state index contributed by atoms with van der Waals surface area (Å²) < 4.78 is 3.07. The van der Waals surface area contributed by atoms with Crippen molar-refractivity contribution in [2.45, 2.75) is 32.7 Å². The van der Waals surface area contributed by atoms with Gasteiger partial charge in [0.2, 0.25) is 0 Å². The number of benzene rings is 1. The minimum Gasteiger partial charge on any atom is -0.310 e. The molecule has 2 aromatic rings. The van der Waals surface area contributed by atoms with Gasteiger partial charge in [0.1, 0.15) is 0 Å². The molecule has 0 fully saturated rings. The third kappa shape index (κ3) is 3.70. The second-order valence-corrected chi connectivity index (χ2v) is 6.00. The molecule has 1 atom stereocenters. The van der Waals surface area contributed by atoms with Gasteiger partial charge in [0.05, 0.1) is 5.69 Å². The van der Waals surface area contributed by atoms with Crippen LogP contribution in [0.2, 0.25) is 0 Å². The van der Waals surface area contributed by atoms with Gasteiger partial charge in [-0.3, -0.25) is 4.68 Å². The zero-order valence-electron chi connectivity index (χ0n) is 12.4. The van der Waals surface area contributed by atoms with E-state index in [4.69, 9.17) is 0 Å². The number of hydrogen-bond donors (Lipinski definition) is 1. The minimum atomic E-state index is 0.308. The lowest BCUT2D eigenvalue weighted by Crippen LogP contribution is -2.24. The molecule has 0 bridgehead atoms. The highest BCUT2D eigenvalue weighted by atomic mass is 79.9. The molecule has 0 aliphatic rings. The molecule has 1 unspecified atom stereocenters. The number of nitrogens with one attached hydrogen (secondary N) is 1. The van der Waals surface area contributed by atoms with E-state index in [9.17, 15) is 0 Å². The van der Waals surface area contributed by atoms with E-state index in [0.717, 1.165) is 25.1 Å². The molecular formula is C16H22BrN3. The third-order valence-corrected chi connectivity index (χ3v) is 4.22. The van der Waals surface area contributed by atoms with Crippen molar-refractivity contribution >= 4 is 15.9 Å². The molecule has 0 amide bonds. The lowest BCUT2D eigenvalue weighted by Gasteiger charge is -2.19. The molecule has 1 aromatic carbocycles. The number of rotatable bonds is 6. The van der Waals surface area contributed by atoms with Gasteiger partial charge in [0.25, 0.3) is 0 Å². The molecule has 108 valence electrons. The summed E-state index contributed by atoms with van der Waals surface area (Å²) in [6.07, 6.45) is 4.22. The van der Waals surface area contributed by atoms with Gasteiger partial charge in [-0.15, -0.1) is 0 Å². The third-order valence-electron chi connectivity index (χ3n) is 3.45. The van der Waals surface area contributed by atoms with Gasteiger partial charge in [0.15, 0.2) is 0 Å². The smallest absolute Gasteiger partial charge is 0.0641 e. The van der Waals surface area contributed by atoms with Crippen LogP contribution in [0.15, 0.2) is 34.9 Å². The Bertz CT molecular complexity index is 563. The van der Waals surface area contributed by atoms with Crippen molar-refractivity contribution in [1.82, 2.24) is 15.1 Å². The lowest BCUT2D eigenvalue weighted by atomic mass is 9.99. The second kappa shape index (κ2) is 7.04. The zero-order valence-corrected chi connectivity index (χ0v) is 13.9. The number of hydrogen-bond acceptors (Lipinski definition) is 2. The Kier molecular flexibility index (Phi) is 5.38. The van der Waals surface area contributed by atoms with Crippen molar-refractivity contribution in [1.29, 1.82) is 0 Å². The van der Waals surface area contributed by atoms with Gasteiger partial charge in [0, 0.05) is 29.3 Å². The van der Waals surface area contributed by atoms with Crippen LogP contribution in [-0.4, -0.2) is 16.3 Å². The average Bonchev–Trinajstić information content (AvgIpc) is 2.75. The molecule has 2 rings (SSSR count). The van der Waals surface area contributed by atoms with Crippen LogP contribution in [0, 0.1) is 6.92 Å². The monoisotopic (exact) mass is 335 g/mol. The maximum Gasteiger partial charge on any atom is 0.0641 e. The van der Waals surface area contributed by atoms with E-state index in [1.807, 2.05) is 11.7 Å². The van der Waals surface area contributed by atoms with Crippen molar-refractivity contribution in [3.05, 3.63) is 51.8 Å². The van der Waals surface area contributed by atoms with Crippen LogP contribution in [0.25, 0.3) is 0 Å². The summed E-state index contributed by atoms with van der Waals surface area (Å²) in [5, 5.41) is 8.11. The minimum absolute atomic E-state index is 0.308. The molecule has 0 saturated carbocycles. The molecule has 0 radical (unpaired) electrons. The summed E-state index contributed by atoms with van der Waals surface area (Å²) in [6, 6.07) is 8.73. The molecule has 20 heavy (non-hydrogen) atoms. The maximum atomic E-state index is 4.47. The van der Waals surface area contributed by atoms with Crippen molar-refractivity contribution < 1.29 is 0 Å². The van der Waals surface area contributed by atoms with E-state index >= 15 is 0 Å². The summed E-state index contributed by atoms with van der Waals surface area (Å²) in [4.78, 5) is 0. The first-order valence-corrected chi connectivity index (χ1v) is 7.88. The number of nitrogens with zero attached hydrogens (tertiary/aromatic N) is 2. The van der Waals surface area contributed by atoms with E-state index < -0.39 is 0 Å². The van der Waals surface area contributed by atoms with E-state index in [1.165, 1.54) is 15.6 Å². The molecule has 1 N–H and O–H groups in total. The lowest BCUT2D eigenvalue weighted by molar-refractivity contribution is 0.526. The molecule has 0 aliphatic heterocycles. The Balaban J connectivity index is 2.24. The van der Waals surface area contributed by atoms with Crippen molar-refractivity contribution in [3.8, 4) is 0 Å². The molecule has 0 spiro atoms. The largest absolute Gasteiger partial charge is 0.310 e. The molecule has 1 aromatic heterocycles. The molecular weight excluding hydrogens is 314 g/mol. The molecule has 0 saturated heterocycles. The SMILES string of the molecule is CCCNC(Cc1ccccc1Br)c1cn(C)nc1C. The predicted octanol–water partition coefficient (Wildman–Crippen LogP) is 3.77. The molecule has 4 heteroatoms. The van der Waals surface area contributed by atoms with Gasteiger partial charge in [-0.25, -0.2) is 0 Å². The summed E-state index contributed by atoms with van der Waals surface area (Å²) in [6.45, 7) is 5.29. The van der Waals surface area contributed by atoms with Crippen LogP contribution in [0.3, 0.4) is 0 Å². The topological polar surface area (TPSA) is 29.9 Å². The summed E-state index contributed by atoms with van der Waals surface area (Å²) in [5.74, 6) is 0. The van der Waals surface area contributed by atoms with Crippen LogP contribution < -0.4 is 5.32 Å². The fourth-order valence-corrected chi connectivity index (χ4v) is 2.90. The highest BCUT2D eigenvalue weighted by Gasteiger charge is 2.17. The van der Waals surface area contributed by atoms with Crippen LogP contribution in [0.4, 0.5) is 0 Å². The van der Waals surface area contributed by atoms with Gasteiger partial charge in [-0.2, -0.15) is 5.10 Å². The van der Waals surface area contributed by atoms with E-state index in [-0.39, 0.29) is 0 Å². The van der Waals surface area contributed by atoms with E-state index in [1.54, 1.807) is 0 Å². The number of aryl methyl sites for hydroxylation is 2. The van der Waals surface area contributed by atoms with Crippen LogP contribution >= 0.6 is 15.9 Å². The second-order valence-electron chi connectivity index (χ2n) is 5.15. The average molecular weight is 336 g/mol. The van der Waals surface area contributed by atoms with Gasteiger partial charge < -0.3 is 5.32 Å². The highest BCUT2D eigenvalue weighted by molar-refractivity contribution is 9.10. The summed E-state index contributed by atoms with van der Waals surface area (Å²) in [5.41, 5.74) is 3.72. The first-order chi connectivity index (χ1) is 9.61. The number of aromatic nitrogens is 2. The summed E-state index contributed by atoms with van der Waals surface area (Å²) >= 11 is 3.64. The quantitative estimate of drug-likeness (QED) is 0.870. The molecule has 1 heterocycles. The highest BCUT2D eigenvalue weighted by Crippen LogP contribution is 2.25. The maximum absolute atomic E-state index is 4.47. The van der Waals surface area contributed by atoms with Gasteiger partial charge >= 0.3 is 0 Å². The standard InChI is InChI=1S/C16H22BrN3/c1-4-9-18-16(14-11-20(3)19-12(14)2)10-13-7-5-6-8-15(13)17/h5-8,11,16,18H,4,9-10H2,1-3H3. The van der Waals surface area contributed by atoms with E-state index in [0.29, 0.717) is 6.04 Å². The van der Waals surface area contributed by atoms with Crippen LogP contribution in [-0.2, 0) is 13.5 Å². The zero-order chi connectivity index (χ0) is 14.5. The Morgan fingerprint density at radius 1 is 1.35 bits per heavy atom. The van der Waals surface area contributed by atoms with Gasteiger partial charge in [-0.05, 0) is 37.9 Å². The Morgan fingerprint density at radius 2 is 2.10 bits per heavy atom. The summed E-state index contributed by atoms with van der Waals surface area (Å²) in [7, 11) is 1.98. The fourth-order valence-electron chi connectivity index (χ4n) is 2.45. The van der Waals surface area contributed by atoms with Crippen molar-refractivity contribution in [2.24, 2.45) is 7.05 Å². The van der Waals surface area contributed by atoms with Crippen molar-refractivity contribution in [2.75, 3.05) is 6.54 Å². The number of halogens is 1. The first kappa shape index (κ1) is 15.3. The first-order valence-electron chi connectivity index (χ1n) is 7.08.